The predicted molar refractivity (Wildman–Crippen MR) is 137 cm³/mol. The molecule has 0 aliphatic heterocycles. The number of aromatic nitrogens is 2. The molecule has 4 aromatic rings. The van der Waals surface area contributed by atoms with Gasteiger partial charge in [0.05, 0.1) is 22.8 Å². The van der Waals surface area contributed by atoms with Crippen LogP contribution < -0.4 is 11.1 Å². The van der Waals surface area contributed by atoms with E-state index in [0.29, 0.717) is 16.9 Å². The molecular formula is C28H32N4O. The number of aryl methyl sites for hydroxylation is 2. The second kappa shape index (κ2) is 11.1. The van der Waals surface area contributed by atoms with Gasteiger partial charge in [-0.25, -0.2) is 4.68 Å². The van der Waals surface area contributed by atoms with Crippen LogP contribution in [0.15, 0.2) is 78.9 Å². The standard InChI is InChI=1S/C26H26N4O.C2H6/c1-18-23(19(2)30(29-18)22-8-4-3-5-9-22)17-14-20-12-15-21(16-13-20)26(31)28-25-11-7-6-10-24(25)27;1-2/h3-13,15-16H,14,17,27H2,1-2H3,(H,28,31);1-2H3. The summed E-state index contributed by atoms with van der Waals surface area (Å²) in [5, 5.41) is 7.59. The molecule has 3 aromatic carbocycles. The van der Waals surface area contributed by atoms with Crippen molar-refractivity contribution >= 4 is 17.3 Å². The maximum absolute atomic E-state index is 12.5. The summed E-state index contributed by atoms with van der Waals surface area (Å²) in [6.07, 6.45) is 1.78. The second-order valence-electron chi connectivity index (χ2n) is 7.64. The fraction of sp³-hybridized carbons (Fsp3) is 0.214. The van der Waals surface area contributed by atoms with E-state index >= 15 is 0 Å². The number of para-hydroxylation sites is 3. The Morgan fingerprint density at radius 3 is 2.18 bits per heavy atom. The molecule has 0 bridgehead atoms. The average Bonchev–Trinajstić information content (AvgIpc) is 3.14. The summed E-state index contributed by atoms with van der Waals surface area (Å²) in [6.45, 7) is 8.18. The SMILES string of the molecule is CC.Cc1nn(-c2ccccc2)c(C)c1CCc1ccc(C(=O)Nc2ccccc2N)cc1. The van der Waals surface area contributed by atoms with E-state index in [-0.39, 0.29) is 5.91 Å². The van der Waals surface area contributed by atoms with Crippen molar-refractivity contribution in [1.82, 2.24) is 9.78 Å². The van der Waals surface area contributed by atoms with E-state index in [0.717, 1.165) is 24.2 Å². The van der Waals surface area contributed by atoms with Gasteiger partial charge >= 0.3 is 0 Å². The Balaban J connectivity index is 0.00000149. The molecule has 0 fully saturated rings. The molecule has 3 N–H and O–H groups in total. The molecule has 0 unspecified atom stereocenters. The van der Waals surface area contributed by atoms with Gasteiger partial charge in [-0.1, -0.05) is 56.3 Å². The van der Waals surface area contributed by atoms with Gasteiger partial charge in [0, 0.05) is 11.3 Å². The third-order valence-corrected chi connectivity index (χ3v) is 5.53. The predicted octanol–water partition coefficient (Wildman–Crippen LogP) is 6.14. The number of hydrogen-bond donors (Lipinski definition) is 2. The van der Waals surface area contributed by atoms with Gasteiger partial charge in [0.15, 0.2) is 0 Å². The monoisotopic (exact) mass is 440 g/mol. The zero-order chi connectivity index (χ0) is 23.8. The molecule has 0 atom stereocenters. The Morgan fingerprint density at radius 1 is 0.879 bits per heavy atom. The Bertz CT molecular complexity index is 1190. The Labute approximate surface area is 196 Å². The molecule has 33 heavy (non-hydrogen) atoms. The van der Waals surface area contributed by atoms with Gasteiger partial charge in [0.2, 0.25) is 0 Å². The zero-order valence-corrected chi connectivity index (χ0v) is 19.8. The van der Waals surface area contributed by atoms with Crippen molar-refractivity contribution in [3.63, 3.8) is 0 Å². The minimum absolute atomic E-state index is 0.166. The number of benzene rings is 3. The van der Waals surface area contributed by atoms with Crippen molar-refractivity contribution < 1.29 is 4.79 Å². The molecule has 1 aromatic heterocycles. The first kappa shape index (κ1) is 23.8. The summed E-state index contributed by atoms with van der Waals surface area (Å²) in [4.78, 5) is 12.5. The summed E-state index contributed by atoms with van der Waals surface area (Å²) in [6, 6.07) is 25.2. The third kappa shape index (κ3) is 5.69. The van der Waals surface area contributed by atoms with Crippen LogP contribution in [0.3, 0.4) is 0 Å². The molecule has 0 radical (unpaired) electrons. The highest BCUT2D eigenvalue weighted by atomic mass is 16.1. The van der Waals surface area contributed by atoms with Gasteiger partial charge in [-0.05, 0) is 74.2 Å². The highest BCUT2D eigenvalue weighted by Crippen LogP contribution is 2.21. The minimum atomic E-state index is -0.166. The number of amides is 1. The van der Waals surface area contributed by atoms with Crippen molar-refractivity contribution in [2.75, 3.05) is 11.1 Å². The molecule has 5 heteroatoms. The van der Waals surface area contributed by atoms with Crippen molar-refractivity contribution in [2.24, 2.45) is 0 Å². The first-order valence-corrected chi connectivity index (χ1v) is 11.4. The van der Waals surface area contributed by atoms with E-state index in [2.05, 4.69) is 31.3 Å². The molecule has 170 valence electrons. The molecular weight excluding hydrogens is 408 g/mol. The van der Waals surface area contributed by atoms with Gasteiger partial charge in [-0.3, -0.25) is 4.79 Å². The number of carbonyl (C=O) groups excluding carboxylic acids is 1. The first-order valence-electron chi connectivity index (χ1n) is 11.4. The van der Waals surface area contributed by atoms with Crippen LogP contribution in [0.1, 0.15) is 46.7 Å². The molecule has 0 aliphatic rings. The number of anilines is 2. The quantitative estimate of drug-likeness (QED) is 0.354. The molecule has 1 amide bonds. The summed E-state index contributed by atoms with van der Waals surface area (Å²) >= 11 is 0. The van der Waals surface area contributed by atoms with E-state index in [4.69, 9.17) is 10.8 Å². The van der Waals surface area contributed by atoms with Gasteiger partial charge in [-0.2, -0.15) is 5.10 Å². The van der Waals surface area contributed by atoms with Crippen LogP contribution >= 0.6 is 0 Å². The van der Waals surface area contributed by atoms with E-state index in [1.807, 2.05) is 73.1 Å². The summed E-state index contributed by atoms with van der Waals surface area (Å²) in [7, 11) is 0. The van der Waals surface area contributed by atoms with Crippen molar-refractivity contribution in [2.45, 2.75) is 40.5 Å². The van der Waals surface area contributed by atoms with Crippen LogP contribution in [0, 0.1) is 13.8 Å². The van der Waals surface area contributed by atoms with Crippen LogP contribution in [-0.2, 0) is 12.8 Å². The summed E-state index contributed by atoms with van der Waals surface area (Å²) in [5.41, 5.74) is 13.4. The molecule has 0 saturated heterocycles. The number of rotatable bonds is 6. The smallest absolute Gasteiger partial charge is 0.255 e. The van der Waals surface area contributed by atoms with Crippen molar-refractivity contribution in [3.8, 4) is 5.69 Å². The van der Waals surface area contributed by atoms with Gasteiger partial charge in [0.25, 0.3) is 5.91 Å². The minimum Gasteiger partial charge on any atom is -0.397 e. The number of nitrogens with one attached hydrogen (secondary N) is 1. The maximum Gasteiger partial charge on any atom is 0.255 e. The first-order chi connectivity index (χ1) is 16.0. The molecule has 5 nitrogen and oxygen atoms in total. The fourth-order valence-electron chi connectivity index (χ4n) is 3.75. The largest absolute Gasteiger partial charge is 0.397 e. The maximum atomic E-state index is 12.5. The van der Waals surface area contributed by atoms with Crippen LogP contribution in [0.2, 0.25) is 0 Å². The van der Waals surface area contributed by atoms with Gasteiger partial charge < -0.3 is 11.1 Å². The second-order valence-corrected chi connectivity index (χ2v) is 7.64. The molecule has 0 aliphatic carbocycles. The molecule has 1 heterocycles. The fourth-order valence-corrected chi connectivity index (χ4v) is 3.75. The Kier molecular flexibility index (Phi) is 8.03. The van der Waals surface area contributed by atoms with Crippen LogP contribution in [-0.4, -0.2) is 15.7 Å². The molecule has 4 rings (SSSR count). The summed E-state index contributed by atoms with van der Waals surface area (Å²) < 4.78 is 2.01. The van der Waals surface area contributed by atoms with Gasteiger partial charge in [-0.15, -0.1) is 0 Å². The van der Waals surface area contributed by atoms with Gasteiger partial charge in [0.1, 0.15) is 0 Å². The van der Waals surface area contributed by atoms with E-state index in [1.165, 1.54) is 16.8 Å². The lowest BCUT2D eigenvalue weighted by atomic mass is 10.0. The topological polar surface area (TPSA) is 72.9 Å². The number of nitrogens with zero attached hydrogens (tertiary/aromatic N) is 2. The van der Waals surface area contributed by atoms with Crippen LogP contribution in [0.25, 0.3) is 5.69 Å². The van der Waals surface area contributed by atoms with Crippen molar-refractivity contribution in [1.29, 1.82) is 0 Å². The number of carbonyl (C=O) groups is 1. The number of nitrogens with two attached hydrogens (primary N) is 1. The third-order valence-electron chi connectivity index (χ3n) is 5.53. The van der Waals surface area contributed by atoms with E-state index in [9.17, 15) is 4.79 Å². The zero-order valence-electron chi connectivity index (χ0n) is 19.8. The lowest BCUT2D eigenvalue weighted by Gasteiger charge is -2.09. The number of hydrogen-bond acceptors (Lipinski definition) is 3. The highest BCUT2D eigenvalue weighted by Gasteiger charge is 2.13. The van der Waals surface area contributed by atoms with E-state index in [1.54, 1.807) is 12.1 Å². The Hall–Kier alpha value is -3.86. The Morgan fingerprint density at radius 2 is 1.52 bits per heavy atom. The van der Waals surface area contributed by atoms with E-state index < -0.39 is 0 Å². The molecule has 0 saturated carbocycles. The summed E-state index contributed by atoms with van der Waals surface area (Å²) in [5.74, 6) is -0.166. The lowest BCUT2D eigenvalue weighted by Crippen LogP contribution is -2.13. The number of nitrogen functional groups attached to an aromatic ring is 1. The van der Waals surface area contributed by atoms with Crippen LogP contribution in [0.5, 0.6) is 0 Å². The molecule has 0 spiro atoms. The van der Waals surface area contributed by atoms with Crippen LogP contribution in [0.4, 0.5) is 11.4 Å². The average molecular weight is 441 g/mol. The lowest BCUT2D eigenvalue weighted by molar-refractivity contribution is 0.102. The highest BCUT2D eigenvalue weighted by molar-refractivity contribution is 6.05. The normalized spacial score (nSPS) is 10.3. The van der Waals surface area contributed by atoms with Crippen molar-refractivity contribution in [3.05, 3.63) is 107 Å².